The van der Waals surface area contributed by atoms with E-state index in [1.165, 1.54) is 0 Å². The molecule has 0 saturated carbocycles. The van der Waals surface area contributed by atoms with Crippen LogP contribution in [0.4, 0.5) is 8.78 Å². The number of hydrogen-bond donors (Lipinski definition) is 1. The second-order valence-corrected chi connectivity index (χ2v) is 2.13. The third-order valence-corrected chi connectivity index (χ3v) is 1.36. The zero-order chi connectivity index (χ0) is 6.85. The molecular formula is C5H8F2N2. The largest absolute Gasteiger partial charge is 0.387 e. The fourth-order valence-electron chi connectivity index (χ4n) is 0.801. The highest BCUT2D eigenvalue weighted by molar-refractivity contribution is 5.82. The lowest BCUT2D eigenvalue weighted by molar-refractivity contribution is 0.0888. The molecule has 0 bridgehead atoms. The van der Waals surface area contributed by atoms with Crippen LogP contribution in [-0.4, -0.2) is 18.8 Å². The number of nitrogens with zero attached hydrogens (tertiary/aromatic N) is 1. The molecule has 0 aromatic heterocycles. The summed E-state index contributed by atoms with van der Waals surface area (Å²) >= 11 is 0. The van der Waals surface area contributed by atoms with E-state index in [1.807, 2.05) is 0 Å². The molecule has 0 saturated heterocycles. The van der Waals surface area contributed by atoms with Gasteiger partial charge in [-0.1, -0.05) is 0 Å². The van der Waals surface area contributed by atoms with Crippen LogP contribution in [0.5, 0.6) is 0 Å². The molecule has 0 aromatic rings. The summed E-state index contributed by atoms with van der Waals surface area (Å²) in [7, 11) is 0. The summed E-state index contributed by atoms with van der Waals surface area (Å²) in [6, 6.07) is 0. The quantitative estimate of drug-likeness (QED) is 0.561. The summed E-state index contributed by atoms with van der Waals surface area (Å²) in [4.78, 5) is 3.65. The Labute approximate surface area is 51.8 Å². The van der Waals surface area contributed by atoms with E-state index in [0.29, 0.717) is 5.84 Å². The first-order valence-corrected chi connectivity index (χ1v) is 2.77. The minimum Gasteiger partial charge on any atom is -0.387 e. The van der Waals surface area contributed by atoms with Crippen molar-refractivity contribution in [2.24, 2.45) is 16.6 Å². The first-order chi connectivity index (χ1) is 4.20. The van der Waals surface area contributed by atoms with E-state index in [9.17, 15) is 8.78 Å². The van der Waals surface area contributed by atoms with Gasteiger partial charge in [0.1, 0.15) is 0 Å². The molecule has 0 fully saturated rings. The standard InChI is InChI=1S/C5H8F2N2/c6-5(7)3-1-4(8)9-2-3/h3,5H,1-2H2,(H2,8,9). The van der Waals surface area contributed by atoms with Crippen LogP contribution in [-0.2, 0) is 0 Å². The Hall–Kier alpha value is -0.670. The molecule has 1 heterocycles. The number of hydrogen-bond acceptors (Lipinski definition) is 2. The van der Waals surface area contributed by atoms with Gasteiger partial charge in [-0.15, -0.1) is 0 Å². The van der Waals surface area contributed by atoms with E-state index in [-0.39, 0.29) is 13.0 Å². The molecule has 0 aliphatic carbocycles. The maximum atomic E-state index is 11.8. The molecule has 4 heteroatoms. The molecule has 0 radical (unpaired) electrons. The molecule has 1 atom stereocenters. The van der Waals surface area contributed by atoms with Gasteiger partial charge < -0.3 is 5.73 Å². The highest BCUT2D eigenvalue weighted by Crippen LogP contribution is 2.18. The van der Waals surface area contributed by atoms with E-state index in [1.54, 1.807) is 0 Å². The van der Waals surface area contributed by atoms with Crippen LogP contribution >= 0.6 is 0 Å². The summed E-state index contributed by atoms with van der Waals surface area (Å²) in [5.74, 6) is -0.259. The molecule has 9 heavy (non-hydrogen) atoms. The maximum Gasteiger partial charge on any atom is 0.243 e. The smallest absolute Gasteiger partial charge is 0.243 e. The molecule has 1 aliphatic heterocycles. The van der Waals surface area contributed by atoms with E-state index >= 15 is 0 Å². The Bertz CT molecular complexity index is 133. The van der Waals surface area contributed by atoms with Gasteiger partial charge in [0.25, 0.3) is 0 Å². The minimum absolute atomic E-state index is 0.198. The van der Waals surface area contributed by atoms with Crippen LogP contribution in [0.2, 0.25) is 0 Å². The summed E-state index contributed by atoms with van der Waals surface area (Å²) in [5, 5.41) is 0. The van der Waals surface area contributed by atoms with Crippen LogP contribution in [0.3, 0.4) is 0 Å². The van der Waals surface area contributed by atoms with Crippen molar-refractivity contribution in [2.75, 3.05) is 6.54 Å². The van der Waals surface area contributed by atoms with Gasteiger partial charge in [0, 0.05) is 18.9 Å². The van der Waals surface area contributed by atoms with Gasteiger partial charge in [0.05, 0.1) is 5.84 Å². The van der Waals surface area contributed by atoms with Gasteiger partial charge in [-0.05, 0) is 0 Å². The van der Waals surface area contributed by atoms with Crippen LogP contribution in [0, 0.1) is 5.92 Å². The Morgan fingerprint density at radius 1 is 1.67 bits per heavy atom. The Balaban J connectivity index is 2.37. The van der Waals surface area contributed by atoms with E-state index in [0.717, 1.165) is 0 Å². The topological polar surface area (TPSA) is 38.4 Å². The number of alkyl halides is 2. The van der Waals surface area contributed by atoms with Crippen LogP contribution in [0.15, 0.2) is 4.99 Å². The highest BCUT2D eigenvalue weighted by Gasteiger charge is 2.25. The molecule has 52 valence electrons. The molecule has 0 aromatic carbocycles. The molecule has 0 spiro atoms. The Morgan fingerprint density at radius 3 is 2.56 bits per heavy atom. The van der Waals surface area contributed by atoms with Crippen LogP contribution in [0.1, 0.15) is 6.42 Å². The monoisotopic (exact) mass is 134 g/mol. The number of rotatable bonds is 1. The normalized spacial score (nSPS) is 27.0. The Morgan fingerprint density at radius 2 is 2.33 bits per heavy atom. The lowest BCUT2D eigenvalue weighted by Gasteiger charge is -2.03. The summed E-state index contributed by atoms with van der Waals surface area (Å²) in [5.41, 5.74) is 5.18. The SMILES string of the molecule is NC1=NCC(C(F)F)C1. The maximum absolute atomic E-state index is 11.8. The number of aliphatic imine (C=N–C) groups is 1. The first kappa shape index (κ1) is 6.45. The van der Waals surface area contributed by atoms with Gasteiger partial charge in [0.15, 0.2) is 0 Å². The average Bonchev–Trinajstić information content (AvgIpc) is 2.14. The number of amidine groups is 1. The van der Waals surface area contributed by atoms with Crippen molar-refractivity contribution in [2.45, 2.75) is 12.8 Å². The number of nitrogens with two attached hydrogens (primary N) is 1. The van der Waals surface area contributed by atoms with Crippen LogP contribution < -0.4 is 5.73 Å². The lowest BCUT2D eigenvalue weighted by atomic mass is 10.1. The predicted octanol–water partition coefficient (Wildman–Crippen LogP) is 0.629. The summed E-state index contributed by atoms with van der Waals surface area (Å²) in [6.45, 7) is 0.198. The van der Waals surface area contributed by atoms with Crippen molar-refractivity contribution in [3.8, 4) is 0 Å². The summed E-state index contributed by atoms with van der Waals surface area (Å²) < 4.78 is 23.6. The third kappa shape index (κ3) is 1.37. The third-order valence-electron chi connectivity index (χ3n) is 1.36. The molecular weight excluding hydrogens is 126 g/mol. The second-order valence-electron chi connectivity index (χ2n) is 2.13. The van der Waals surface area contributed by atoms with Gasteiger partial charge in [-0.25, -0.2) is 8.78 Å². The summed E-state index contributed by atoms with van der Waals surface area (Å²) in [6.07, 6.45) is -2.01. The van der Waals surface area contributed by atoms with Crippen molar-refractivity contribution < 1.29 is 8.78 Å². The zero-order valence-electron chi connectivity index (χ0n) is 4.85. The van der Waals surface area contributed by atoms with Crippen molar-refractivity contribution in [1.82, 2.24) is 0 Å². The van der Waals surface area contributed by atoms with E-state index in [2.05, 4.69) is 4.99 Å². The van der Waals surface area contributed by atoms with Gasteiger partial charge >= 0.3 is 0 Å². The first-order valence-electron chi connectivity index (χ1n) is 2.77. The molecule has 0 amide bonds. The zero-order valence-corrected chi connectivity index (χ0v) is 4.85. The molecule has 1 aliphatic rings. The second kappa shape index (κ2) is 2.29. The molecule has 1 rings (SSSR count). The van der Waals surface area contributed by atoms with E-state index in [4.69, 9.17) is 5.73 Å². The van der Waals surface area contributed by atoms with Crippen molar-refractivity contribution in [3.63, 3.8) is 0 Å². The fourth-order valence-corrected chi connectivity index (χ4v) is 0.801. The highest BCUT2D eigenvalue weighted by atomic mass is 19.3. The number of halogens is 2. The lowest BCUT2D eigenvalue weighted by Crippen LogP contribution is -2.15. The van der Waals surface area contributed by atoms with Crippen molar-refractivity contribution >= 4 is 5.84 Å². The van der Waals surface area contributed by atoms with E-state index < -0.39 is 12.3 Å². The average molecular weight is 134 g/mol. The van der Waals surface area contributed by atoms with Gasteiger partial charge in [0.2, 0.25) is 6.43 Å². The Kier molecular flexibility index (Phi) is 1.64. The van der Waals surface area contributed by atoms with Gasteiger partial charge in [-0.2, -0.15) is 0 Å². The predicted molar refractivity (Wildman–Crippen MR) is 30.6 cm³/mol. The van der Waals surface area contributed by atoms with Crippen LogP contribution in [0.25, 0.3) is 0 Å². The minimum atomic E-state index is -2.27. The van der Waals surface area contributed by atoms with Crippen molar-refractivity contribution in [1.29, 1.82) is 0 Å². The molecule has 2 N–H and O–H groups in total. The molecule has 1 unspecified atom stereocenters. The fraction of sp³-hybridized carbons (Fsp3) is 0.800. The van der Waals surface area contributed by atoms with Gasteiger partial charge in [-0.3, -0.25) is 4.99 Å². The molecule has 2 nitrogen and oxygen atoms in total. The van der Waals surface area contributed by atoms with Crippen molar-refractivity contribution in [3.05, 3.63) is 0 Å².